The number of hydrogen-bond donors (Lipinski definition) is 3. The van der Waals surface area contributed by atoms with Gasteiger partial charge >= 0.3 is 0 Å². The fourth-order valence-electron chi connectivity index (χ4n) is 2.63. The highest BCUT2D eigenvalue weighted by molar-refractivity contribution is 7.20. The predicted molar refractivity (Wildman–Crippen MR) is 112 cm³/mol. The molecule has 4 aromatic rings. The molecule has 0 saturated heterocycles. The number of benzene rings is 2. The van der Waals surface area contributed by atoms with Gasteiger partial charge in [-0.25, -0.2) is 0 Å². The van der Waals surface area contributed by atoms with Crippen LogP contribution in [0.4, 0.5) is 11.5 Å². The van der Waals surface area contributed by atoms with Crippen molar-refractivity contribution in [1.82, 2.24) is 10.2 Å². The molecule has 0 spiro atoms. The second kappa shape index (κ2) is 7.75. The standard InChI is InChI=1S/C20H12ClN5O2S/c21-13-5-3-12(4-6-13)18(27)24-17-15-9-16(29-20(15)26-25-17)19(28)23-14-7-1-11(10-22)2-8-14/h1-9H,(H,23,28)(H2,24,25,26,27). The summed E-state index contributed by atoms with van der Waals surface area (Å²) in [6.45, 7) is 0. The fraction of sp³-hybridized carbons (Fsp3) is 0. The number of anilines is 2. The molecule has 2 aromatic carbocycles. The van der Waals surface area contributed by atoms with Gasteiger partial charge in [0.2, 0.25) is 0 Å². The van der Waals surface area contributed by atoms with Crippen molar-refractivity contribution in [2.24, 2.45) is 0 Å². The van der Waals surface area contributed by atoms with Crippen molar-refractivity contribution in [1.29, 1.82) is 5.26 Å². The lowest BCUT2D eigenvalue weighted by molar-refractivity contribution is 0.102. The number of carbonyl (C=O) groups is 2. The maximum atomic E-state index is 12.5. The van der Waals surface area contributed by atoms with Crippen LogP contribution in [-0.2, 0) is 0 Å². The van der Waals surface area contributed by atoms with Crippen molar-refractivity contribution < 1.29 is 9.59 Å². The van der Waals surface area contributed by atoms with Crippen molar-refractivity contribution >= 4 is 56.5 Å². The normalized spacial score (nSPS) is 10.5. The molecule has 0 aliphatic heterocycles. The van der Waals surface area contributed by atoms with E-state index in [2.05, 4.69) is 20.8 Å². The average Bonchev–Trinajstić information content (AvgIpc) is 3.31. The van der Waals surface area contributed by atoms with Crippen molar-refractivity contribution in [3.63, 3.8) is 0 Å². The van der Waals surface area contributed by atoms with Crippen LogP contribution in [0.1, 0.15) is 25.6 Å². The lowest BCUT2D eigenvalue weighted by Gasteiger charge is -2.03. The van der Waals surface area contributed by atoms with Crippen LogP contribution in [0.2, 0.25) is 5.02 Å². The van der Waals surface area contributed by atoms with Crippen LogP contribution in [0, 0.1) is 11.3 Å². The molecule has 7 nitrogen and oxygen atoms in total. The number of nitrogens with zero attached hydrogens (tertiary/aromatic N) is 2. The van der Waals surface area contributed by atoms with Gasteiger partial charge in [0.05, 0.1) is 21.9 Å². The number of halogens is 1. The summed E-state index contributed by atoms with van der Waals surface area (Å²) in [5.41, 5.74) is 1.54. The van der Waals surface area contributed by atoms with Gasteiger partial charge in [-0.1, -0.05) is 11.6 Å². The Morgan fingerprint density at radius 1 is 1.03 bits per heavy atom. The minimum Gasteiger partial charge on any atom is -0.321 e. The molecule has 2 heterocycles. The third-order valence-electron chi connectivity index (χ3n) is 4.09. The fourth-order valence-corrected chi connectivity index (χ4v) is 3.65. The molecule has 2 aromatic heterocycles. The number of aromatic amines is 1. The van der Waals surface area contributed by atoms with Gasteiger partial charge < -0.3 is 10.6 Å². The molecule has 142 valence electrons. The summed E-state index contributed by atoms with van der Waals surface area (Å²) in [7, 11) is 0. The van der Waals surface area contributed by atoms with E-state index < -0.39 is 0 Å². The van der Waals surface area contributed by atoms with E-state index in [1.165, 1.54) is 11.3 Å². The number of thiophene rings is 1. The zero-order valence-corrected chi connectivity index (χ0v) is 16.3. The van der Waals surface area contributed by atoms with Crippen molar-refractivity contribution in [2.45, 2.75) is 0 Å². The second-order valence-electron chi connectivity index (χ2n) is 6.03. The van der Waals surface area contributed by atoms with Gasteiger partial charge in [0.15, 0.2) is 5.82 Å². The maximum absolute atomic E-state index is 12.5. The van der Waals surface area contributed by atoms with Crippen molar-refractivity contribution in [3.05, 3.63) is 75.6 Å². The summed E-state index contributed by atoms with van der Waals surface area (Å²) in [4.78, 5) is 26.0. The Balaban J connectivity index is 1.52. The Kier molecular flexibility index (Phi) is 4.99. The molecule has 0 radical (unpaired) electrons. The molecule has 9 heteroatoms. The molecule has 0 aliphatic carbocycles. The number of H-pyrrole nitrogens is 1. The molecule has 4 rings (SSSR count). The molecule has 2 amide bonds. The molecule has 0 aliphatic rings. The first-order valence-electron chi connectivity index (χ1n) is 8.40. The van der Waals surface area contributed by atoms with E-state index >= 15 is 0 Å². The van der Waals surface area contributed by atoms with E-state index in [4.69, 9.17) is 16.9 Å². The summed E-state index contributed by atoms with van der Waals surface area (Å²) in [5, 5.41) is 22.5. The zero-order chi connectivity index (χ0) is 20.4. The Morgan fingerprint density at radius 2 is 1.76 bits per heavy atom. The third kappa shape index (κ3) is 3.96. The predicted octanol–water partition coefficient (Wildman–Crippen LogP) is 4.65. The number of nitriles is 1. The number of carbonyl (C=O) groups excluding carboxylic acids is 2. The van der Waals surface area contributed by atoms with Crippen LogP contribution >= 0.6 is 22.9 Å². The number of hydrogen-bond acceptors (Lipinski definition) is 5. The van der Waals surface area contributed by atoms with E-state index in [0.717, 1.165) is 0 Å². The molecule has 0 unspecified atom stereocenters. The minimum absolute atomic E-state index is 0.292. The Morgan fingerprint density at radius 3 is 2.45 bits per heavy atom. The van der Waals surface area contributed by atoms with E-state index in [0.29, 0.717) is 42.7 Å². The van der Waals surface area contributed by atoms with E-state index in [1.54, 1.807) is 54.6 Å². The minimum atomic E-state index is -0.329. The van der Waals surface area contributed by atoms with Crippen LogP contribution < -0.4 is 10.6 Å². The summed E-state index contributed by atoms with van der Waals surface area (Å²) >= 11 is 7.07. The lowest BCUT2D eigenvalue weighted by Crippen LogP contribution is -2.12. The van der Waals surface area contributed by atoms with Gasteiger partial charge in [-0.3, -0.25) is 14.7 Å². The van der Waals surface area contributed by atoms with E-state index in [1.807, 2.05) is 6.07 Å². The monoisotopic (exact) mass is 421 g/mol. The van der Waals surface area contributed by atoms with Gasteiger partial charge in [0.1, 0.15) is 4.83 Å². The second-order valence-corrected chi connectivity index (χ2v) is 7.52. The first kappa shape index (κ1) is 18.7. The highest BCUT2D eigenvalue weighted by Crippen LogP contribution is 2.30. The Bertz CT molecular complexity index is 1250. The highest BCUT2D eigenvalue weighted by Gasteiger charge is 2.17. The van der Waals surface area contributed by atoms with Gasteiger partial charge in [-0.15, -0.1) is 11.3 Å². The molecule has 0 bridgehead atoms. The topological polar surface area (TPSA) is 111 Å². The highest BCUT2D eigenvalue weighted by atomic mass is 35.5. The quantitative estimate of drug-likeness (QED) is 0.445. The molecular formula is C20H12ClN5O2S. The van der Waals surface area contributed by atoms with E-state index in [9.17, 15) is 9.59 Å². The zero-order valence-electron chi connectivity index (χ0n) is 14.7. The first-order chi connectivity index (χ1) is 14.0. The smallest absolute Gasteiger partial charge is 0.265 e. The molecule has 3 N–H and O–H groups in total. The number of aromatic nitrogens is 2. The number of amides is 2. The van der Waals surface area contributed by atoms with Crippen molar-refractivity contribution in [3.8, 4) is 6.07 Å². The van der Waals surface area contributed by atoms with Crippen LogP contribution in [-0.4, -0.2) is 22.0 Å². The number of rotatable bonds is 4. The van der Waals surface area contributed by atoms with Crippen LogP contribution in [0.15, 0.2) is 54.6 Å². The Hall–Kier alpha value is -3.67. The molecule has 0 fully saturated rings. The number of fused-ring (bicyclic) bond motifs is 1. The van der Waals surface area contributed by atoms with Gasteiger partial charge in [-0.2, -0.15) is 10.4 Å². The average molecular weight is 422 g/mol. The first-order valence-corrected chi connectivity index (χ1v) is 9.59. The van der Waals surface area contributed by atoms with Gasteiger partial charge in [0.25, 0.3) is 11.8 Å². The maximum Gasteiger partial charge on any atom is 0.265 e. The van der Waals surface area contributed by atoms with Gasteiger partial charge in [-0.05, 0) is 54.6 Å². The van der Waals surface area contributed by atoms with Gasteiger partial charge in [0, 0.05) is 16.3 Å². The summed E-state index contributed by atoms with van der Waals surface area (Å²) < 4.78 is 0. The molecule has 0 saturated carbocycles. The van der Waals surface area contributed by atoms with Crippen LogP contribution in [0.5, 0.6) is 0 Å². The molecular weight excluding hydrogens is 410 g/mol. The SMILES string of the molecule is N#Cc1ccc(NC(=O)c2cc3c(NC(=O)c4ccc(Cl)cc4)n[nH]c3s2)cc1. The van der Waals surface area contributed by atoms with Crippen molar-refractivity contribution in [2.75, 3.05) is 10.6 Å². The molecule has 0 atom stereocenters. The summed E-state index contributed by atoms with van der Waals surface area (Å²) in [6, 6.07) is 16.8. The summed E-state index contributed by atoms with van der Waals surface area (Å²) in [6.07, 6.45) is 0. The van der Waals surface area contributed by atoms with Crippen LogP contribution in [0.25, 0.3) is 10.2 Å². The largest absolute Gasteiger partial charge is 0.321 e. The van der Waals surface area contributed by atoms with Crippen LogP contribution in [0.3, 0.4) is 0 Å². The Labute approximate surface area is 173 Å². The lowest BCUT2D eigenvalue weighted by atomic mass is 10.2. The number of nitrogens with one attached hydrogen (secondary N) is 3. The van der Waals surface area contributed by atoms with E-state index in [-0.39, 0.29) is 11.8 Å². The summed E-state index contributed by atoms with van der Waals surface area (Å²) in [5.74, 6) is -0.280. The third-order valence-corrected chi connectivity index (χ3v) is 5.38. The molecule has 29 heavy (non-hydrogen) atoms.